The summed E-state index contributed by atoms with van der Waals surface area (Å²) in [7, 11) is 2.13. The van der Waals surface area contributed by atoms with Crippen molar-refractivity contribution in [2.45, 2.75) is 18.9 Å². The average molecular weight is 211 g/mol. The van der Waals surface area contributed by atoms with Crippen LogP contribution < -0.4 is 10.6 Å². The fourth-order valence-corrected chi connectivity index (χ4v) is 2.43. The topological polar surface area (TPSA) is 44.4 Å². The number of likely N-dealkylation sites (tertiary alicyclic amines) is 1. The van der Waals surface area contributed by atoms with Crippen LogP contribution in [0.3, 0.4) is 0 Å². The molecule has 0 radical (unpaired) electrons. The van der Waals surface area contributed by atoms with Gasteiger partial charge in [0.25, 0.3) is 0 Å². The molecule has 0 saturated carbocycles. The number of rotatable bonds is 2. The van der Waals surface area contributed by atoms with E-state index in [0.717, 1.165) is 45.6 Å². The standard InChI is InChI=1S/C11H21N3O/c1-14-6-2-9(3-7-14)11(15)10-8-12-4-5-13-10/h9-10,12-13H,2-8H2,1H3. The summed E-state index contributed by atoms with van der Waals surface area (Å²) in [5, 5.41) is 6.57. The Balaban J connectivity index is 1.84. The third kappa shape index (κ3) is 2.77. The van der Waals surface area contributed by atoms with Crippen LogP contribution in [0.1, 0.15) is 12.8 Å². The summed E-state index contributed by atoms with van der Waals surface area (Å²) in [6.07, 6.45) is 2.07. The van der Waals surface area contributed by atoms with E-state index in [0.29, 0.717) is 11.7 Å². The first-order valence-electron chi connectivity index (χ1n) is 5.94. The number of carbonyl (C=O) groups is 1. The molecule has 2 rings (SSSR count). The largest absolute Gasteiger partial charge is 0.313 e. The van der Waals surface area contributed by atoms with Gasteiger partial charge in [0.2, 0.25) is 0 Å². The maximum Gasteiger partial charge on any atom is 0.154 e. The third-order valence-corrected chi connectivity index (χ3v) is 3.51. The molecule has 1 unspecified atom stereocenters. The molecule has 15 heavy (non-hydrogen) atoms. The van der Waals surface area contributed by atoms with Gasteiger partial charge >= 0.3 is 0 Å². The molecular formula is C11H21N3O. The van der Waals surface area contributed by atoms with Gasteiger partial charge in [0, 0.05) is 25.6 Å². The van der Waals surface area contributed by atoms with E-state index in [4.69, 9.17) is 0 Å². The van der Waals surface area contributed by atoms with Gasteiger partial charge in [0.05, 0.1) is 6.04 Å². The zero-order chi connectivity index (χ0) is 10.7. The Kier molecular flexibility index (Phi) is 3.72. The lowest BCUT2D eigenvalue weighted by atomic mass is 9.88. The molecule has 0 aromatic heterocycles. The molecule has 2 saturated heterocycles. The highest BCUT2D eigenvalue weighted by Gasteiger charge is 2.29. The van der Waals surface area contributed by atoms with Gasteiger partial charge in [-0.25, -0.2) is 0 Å². The molecule has 1 atom stereocenters. The van der Waals surface area contributed by atoms with Crippen LogP contribution in [-0.4, -0.2) is 56.5 Å². The van der Waals surface area contributed by atoms with E-state index >= 15 is 0 Å². The van der Waals surface area contributed by atoms with Crippen molar-refractivity contribution in [1.29, 1.82) is 0 Å². The number of ketones is 1. The predicted molar refractivity (Wildman–Crippen MR) is 59.9 cm³/mol. The smallest absolute Gasteiger partial charge is 0.154 e. The monoisotopic (exact) mass is 211 g/mol. The summed E-state index contributed by atoms with van der Waals surface area (Å²) in [5.74, 6) is 0.717. The quantitative estimate of drug-likeness (QED) is 0.644. The second-order valence-electron chi connectivity index (χ2n) is 4.69. The van der Waals surface area contributed by atoms with Crippen LogP contribution in [0, 0.1) is 5.92 Å². The van der Waals surface area contributed by atoms with Gasteiger partial charge in [-0.05, 0) is 33.0 Å². The molecule has 4 heteroatoms. The summed E-state index contributed by atoms with van der Waals surface area (Å²) in [4.78, 5) is 14.4. The van der Waals surface area contributed by atoms with E-state index in [1.165, 1.54) is 0 Å². The number of nitrogens with one attached hydrogen (secondary N) is 2. The van der Waals surface area contributed by atoms with Crippen LogP contribution in [-0.2, 0) is 4.79 Å². The SMILES string of the molecule is CN1CCC(C(=O)C2CNCCN2)CC1. The first kappa shape index (κ1) is 11.0. The minimum absolute atomic E-state index is 0.0622. The zero-order valence-electron chi connectivity index (χ0n) is 9.46. The van der Waals surface area contributed by atoms with Gasteiger partial charge in [-0.2, -0.15) is 0 Å². The summed E-state index contributed by atoms with van der Waals surface area (Å²) in [6, 6.07) is 0.0622. The average Bonchev–Trinajstić information content (AvgIpc) is 2.30. The van der Waals surface area contributed by atoms with Crippen LogP contribution in [0.5, 0.6) is 0 Å². The molecule has 0 amide bonds. The van der Waals surface area contributed by atoms with Gasteiger partial charge in [-0.15, -0.1) is 0 Å². The van der Waals surface area contributed by atoms with E-state index in [9.17, 15) is 4.79 Å². The summed E-state index contributed by atoms with van der Waals surface area (Å²) >= 11 is 0. The zero-order valence-corrected chi connectivity index (χ0v) is 9.46. The molecule has 0 bridgehead atoms. The Morgan fingerprint density at radius 3 is 2.60 bits per heavy atom. The molecule has 2 aliphatic rings. The first-order valence-corrected chi connectivity index (χ1v) is 5.94. The van der Waals surface area contributed by atoms with E-state index in [2.05, 4.69) is 22.6 Å². The Morgan fingerprint density at radius 2 is 2.00 bits per heavy atom. The minimum Gasteiger partial charge on any atom is -0.313 e. The van der Waals surface area contributed by atoms with Crippen LogP contribution in [0.2, 0.25) is 0 Å². The number of carbonyl (C=O) groups excluding carboxylic acids is 1. The Hall–Kier alpha value is -0.450. The van der Waals surface area contributed by atoms with Crippen LogP contribution in [0.25, 0.3) is 0 Å². The lowest BCUT2D eigenvalue weighted by Gasteiger charge is -2.32. The normalized spacial score (nSPS) is 30.3. The lowest BCUT2D eigenvalue weighted by molar-refractivity contribution is -0.126. The van der Waals surface area contributed by atoms with E-state index in [1.807, 2.05) is 0 Å². The maximum absolute atomic E-state index is 12.1. The predicted octanol–water partition coefficient (Wildman–Crippen LogP) is -0.541. The van der Waals surface area contributed by atoms with Crippen molar-refractivity contribution in [3.63, 3.8) is 0 Å². The number of hydrogen-bond acceptors (Lipinski definition) is 4. The lowest BCUT2D eigenvalue weighted by Crippen LogP contribution is -2.54. The minimum atomic E-state index is 0.0622. The van der Waals surface area contributed by atoms with Gasteiger partial charge in [-0.3, -0.25) is 4.79 Å². The highest BCUT2D eigenvalue weighted by Crippen LogP contribution is 2.18. The van der Waals surface area contributed by atoms with Gasteiger partial charge in [-0.1, -0.05) is 0 Å². The van der Waals surface area contributed by atoms with Crippen molar-refractivity contribution >= 4 is 5.78 Å². The Morgan fingerprint density at radius 1 is 1.27 bits per heavy atom. The number of piperazine rings is 1. The second kappa shape index (κ2) is 5.05. The first-order chi connectivity index (χ1) is 7.27. The highest BCUT2D eigenvalue weighted by molar-refractivity contribution is 5.86. The molecule has 4 nitrogen and oxygen atoms in total. The molecular weight excluding hydrogens is 190 g/mol. The molecule has 2 aliphatic heterocycles. The van der Waals surface area contributed by atoms with E-state index in [-0.39, 0.29) is 6.04 Å². The fraction of sp³-hybridized carbons (Fsp3) is 0.909. The van der Waals surface area contributed by atoms with Crippen LogP contribution in [0.4, 0.5) is 0 Å². The van der Waals surface area contributed by atoms with Crippen molar-refractivity contribution in [2.75, 3.05) is 39.8 Å². The van der Waals surface area contributed by atoms with Crippen molar-refractivity contribution in [3.05, 3.63) is 0 Å². The van der Waals surface area contributed by atoms with E-state index in [1.54, 1.807) is 0 Å². The molecule has 0 spiro atoms. The van der Waals surface area contributed by atoms with Crippen LogP contribution in [0.15, 0.2) is 0 Å². The fourth-order valence-electron chi connectivity index (χ4n) is 2.43. The molecule has 0 aliphatic carbocycles. The van der Waals surface area contributed by atoms with Gasteiger partial charge < -0.3 is 15.5 Å². The van der Waals surface area contributed by atoms with Crippen molar-refractivity contribution in [2.24, 2.45) is 5.92 Å². The highest BCUT2D eigenvalue weighted by atomic mass is 16.1. The van der Waals surface area contributed by atoms with Gasteiger partial charge in [0.15, 0.2) is 5.78 Å². The number of hydrogen-bond donors (Lipinski definition) is 2. The third-order valence-electron chi connectivity index (χ3n) is 3.51. The summed E-state index contributed by atoms with van der Waals surface area (Å²) < 4.78 is 0. The second-order valence-corrected chi connectivity index (χ2v) is 4.69. The summed E-state index contributed by atoms with van der Waals surface area (Å²) in [6.45, 7) is 4.85. The molecule has 86 valence electrons. The Bertz CT molecular complexity index is 218. The van der Waals surface area contributed by atoms with Crippen LogP contribution >= 0.6 is 0 Å². The maximum atomic E-state index is 12.1. The summed E-state index contributed by atoms with van der Waals surface area (Å²) in [5.41, 5.74) is 0. The van der Waals surface area contributed by atoms with E-state index < -0.39 is 0 Å². The molecule has 0 aromatic rings. The molecule has 0 aromatic carbocycles. The number of nitrogens with zero attached hydrogens (tertiary/aromatic N) is 1. The number of Topliss-reactive ketones (excluding diaryl/α,β-unsaturated/α-hetero) is 1. The molecule has 2 heterocycles. The molecule has 2 fully saturated rings. The van der Waals surface area contributed by atoms with Crippen molar-refractivity contribution in [3.8, 4) is 0 Å². The van der Waals surface area contributed by atoms with Crippen molar-refractivity contribution in [1.82, 2.24) is 15.5 Å². The number of piperidine rings is 1. The van der Waals surface area contributed by atoms with Gasteiger partial charge in [0.1, 0.15) is 0 Å². The van der Waals surface area contributed by atoms with Crippen molar-refractivity contribution < 1.29 is 4.79 Å². The Labute approximate surface area is 91.4 Å². The molecule has 2 N–H and O–H groups in total.